The van der Waals surface area contributed by atoms with Gasteiger partial charge in [-0.1, -0.05) is 60.7 Å². The number of aromatic nitrogens is 1. The van der Waals surface area contributed by atoms with Crippen LogP contribution in [0.5, 0.6) is 0 Å². The van der Waals surface area contributed by atoms with E-state index in [4.69, 9.17) is 0 Å². The molecule has 0 spiro atoms. The van der Waals surface area contributed by atoms with Crippen molar-refractivity contribution in [2.45, 2.75) is 44.8 Å². The van der Waals surface area contributed by atoms with E-state index in [1.54, 1.807) is 0 Å². The van der Waals surface area contributed by atoms with Crippen LogP contribution in [0, 0.1) is 0 Å². The zero-order valence-electron chi connectivity index (χ0n) is 29.2. The summed E-state index contributed by atoms with van der Waals surface area (Å²) >= 11 is 0. The summed E-state index contributed by atoms with van der Waals surface area (Å²) in [6, 6.07) is 41.0. The quantitative estimate of drug-likeness (QED) is 0.151. The lowest BCUT2D eigenvalue weighted by molar-refractivity contribution is -0.703. The molecule has 0 radical (unpaired) electrons. The third-order valence-corrected chi connectivity index (χ3v) is 11.4. The fourth-order valence-electron chi connectivity index (χ4n) is 8.73. The molecule has 4 aliphatic heterocycles. The molecular formula is C44H49N6+. The Labute approximate surface area is 297 Å². The number of hydrogen-bond acceptors (Lipinski definition) is 5. The van der Waals surface area contributed by atoms with Crippen molar-refractivity contribution in [2.24, 2.45) is 0 Å². The molecule has 0 bridgehead atoms. The highest BCUT2D eigenvalue weighted by molar-refractivity contribution is 5.86. The first kappa shape index (κ1) is 31.0. The van der Waals surface area contributed by atoms with Crippen LogP contribution >= 0.6 is 0 Å². The van der Waals surface area contributed by atoms with E-state index < -0.39 is 0 Å². The Bertz CT molecular complexity index is 1750. The van der Waals surface area contributed by atoms with Crippen LogP contribution in [0.4, 0.5) is 28.4 Å². The highest BCUT2D eigenvalue weighted by atomic mass is 15.3. The first-order valence-electron chi connectivity index (χ1n) is 18.9. The van der Waals surface area contributed by atoms with Gasteiger partial charge in [0.2, 0.25) is 6.04 Å². The van der Waals surface area contributed by atoms with Crippen LogP contribution in [0.1, 0.15) is 54.0 Å². The molecule has 5 heterocycles. The van der Waals surface area contributed by atoms with Crippen molar-refractivity contribution in [3.8, 4) is 0 Å². The lowest BCUT2D eigenvalue weighted by atomic mass is 9.96. The maximum absolute atomic E-state index is 2.64. The summed E-state index contributed by atoms with van der Waals surface area (Å²) in [5, 5.41) is 0. The third-order valence-electron chi connectivity index (χ3n) is 11.4. The van der Waals surface area contributed by atoms with Gasteiger partial charge in [0.1, 0.15) is 11.4 Å². The van der Waals surface area contributed by atoms with E-state index in [1.165, 1.54) is 76.4 Å². The van der Waals surface area contributed by atoms with Crippen LogP contribution in [-0.4, -0.2) is 52.4 Å². The maximum atomic E-state index is 2.64. The second kappa shape index (κ2) is 13.7. The molecule has 0 N–H and O–H groups in total. The Morgan fingerprint density at radius 2 is 0.860 bits per heavy atom. The van der Waals surface area contributed by atoms with Gasteiger partial charge in [-0.05, 0) is 85.3 Å². The Morgan fingerprint density at radius 1 is 0.440 bits per heavy atom. The summed E-state index contributed by atoms with van der Waals surface area (Å²) in [7, 11) is 0. The number of anilines is 5. The molecule has 6 nitrogen and oxygen atoms in total. The fraction of sp³-hybridized carbons (Fsp3) is 0.341. The Morgan fingerprint density at radius 3 is 1.28 bits per heavy atom. The molecular weight excluding hydrogens is 613 g/mol. The molecule has 6 heteroatoms. The molecule has 4 aromatic carbocycles. The molecule has 0 amide bonds. The minimum Gasteiger partial charge on any atom is -0.372 e. The minimum atomic E-state index is 0.0475. The van der Waals surface area contributed by atoms with Gasteiger partial charge in [0.25, 0.3) is 0 Å². The van der Waals surface area contributed by atoms with Gasteiger partial charge < -0.3 is 24.5 Å². The first-order chi connectivity index (χ1) is 24.8. The van der Waals surface area contributed by atoms with Crippen molar-refractivity contribution < 1.29 is 4.57 Å². The van der Waals surface area contributed by atoms with Crippen LogP contribution in [0.2, 0.25) is 0 Å². The number of benzene rings is 4. The fourth-order valence-corrected chi connectivity index (χ4v) is 8.73. The molecule has 5 aromatic rings. The molecule has 50 heavy (non-hydrogen) atoms. The SMILES string of the molecule is c1ccc(CN2CCN3CCN(Cc4ccccc4)c4c[n+](C(c5ccc(N6CCCC6)cc5)c5ccc(N6CCCC6)cc5)cc2c43)cc1. The molecule has 0 atom stereocenters. The third kappa shape index (κ3) is 6.17. The lowest BCUT2D eigenvalue weighted by Crippen LogP contribution is -2.51. The molecule has 254 valence electrons. The van der Waals surface area contributed by atoms with Gasteiger partial charge in [0, 0.05) is 87.9 Å². The van der Waals surface area contributed by atoms with E-state index in [2.05, 4.69) is 151 Å². The summed E-state index contributed by atoms with van der Waals surface area (Å²) < 4.78 is 2.54. The van der Waals surface area contributed by atoms with Crippen LogP contribution in [-0.2, 0) is 13.1 Å². The molecule has 1 aromatic heterocycles. The molecule has 0 aliphatic carbocycles. The zero-order chi connectivity index (χ0) is 33.3. The van der Waals surface area contributed by atoms with Crippen molar-refractivity contribution in [1.29, 1.82) is 0 Å². The van der Waals surface area contributed by atoms with Crippen molar-refractivity contribution in [3.63, 3.8) is 0 Å². The molecule has 9 rings (SSSR count). The van der Waals surface area contributed by atoms with Crippen LogP contribution in [0.3, 0.4) is 0 Å². The van der Waals surface area contributed by atoms with Crippen molar-refractivity contribution in [3.05, 3.63) is 144 Å². The van der Waals surface area contributed by atoms with Crippen LogP contribution in [0.25, 0.3) is 0 Å². The zero-order valence-corrected chi connectivity index (χ0v) is 29.2. The molecule has 4 aliphatic rings. The van der Waals surface area contributed by atoms with Gasteiger partial charge in [0.15, 0.2) is 12.4 Å². The Balaban J connectivity index is 1.17. The second-order valence-electron chi connectivity index (χ2n) is 14.6. The van der Waals surface area contributed by atoms with E-state index in [-0.39, 0.29) is 6.04 Å². The second-order valence-corrected chi connectivity index (χ2v) is 14.6. The molecule has 2 saturated heterocycles. The minimum absolute atomic E-state index is 0.0475. The monoisotopic (exact) mass is 661 g/mol. The van der Waals surface area contributed by atoms with E-state index in [1.807, 2.05) is 0 Å². The van der Waals surface area contributed by atoms with Crippen LogP contribution in [0.15, 0.2) is 122 Å². The van der Waals surface area contributed by atoms with Gasteiger partial charge in [-0.25, -0.2) is 0 Å². The maximum Gasteiger partial charge on any atom is 0.209 e. The van der Waals surface area contributed by atoms with Gasteiger partial charge >= 0.3 is 0 Å². The largest absolute Gasteiger partial charge is 0.372 e. The van der Waals surface area contributed by atoms with Crippen molar-refractivity contribution in [1.82, 2.24) is 0 Å². The topological polar surface area (TPSA) is 20.1 Å². The summed E-state index contributed by atoms with van der Waals surface area (Å²) in [5.41, 5.74) is 12.1. The van der Waals surface area contributed by atoms with E-state index in [0.29, 0.717) is 0 Å². The van der Waals surface area contributed by atoms with E-state index in [0.717, 1.165) is 65.4 Å². The highest BCUT2D eigenvalue weighted by Gasteiger charge is 2.37. The normalized spacial score (nSPS) is 17.2. The van der Waals surface area contributed by atoms with E-state index in [9.17, 15) is 0 Å². The smallest absolute Gasteiger partial charge is 0.209 e. The number of nitrogens with zero attached hydrogens (tertiary/aromatic N) is 6. The first-order valence-corrected chi connectivity index (χ1v) is 18.9. The summed E-state index contributed by atoms with van der Waals surface area (Å²) in [6.45, 7) is 10.6. The van der Waals surface area contributed by atoms with Gasteiger partial charge in [-0.3, -0.25) is 0 Å². The number of rotatable bonds is 9. The predicted octanol–water partition coefficient (Wildman–Crippen LogP) is 7.66. The highest BCUT2D eigenvalue weighted by Crippen LogP contribution is 2.44. The van der Waals surface area contributed by atoms with E-state index >= 15 is 0 Å². The van der Waals surface area contributed by atoms with Crippen molar-refractivity contribution in [2.75, 3.05) is 76.9 Å². The lowest BCUT2D eigenvalue weighted by Gasteiger charge is -2.44. The van der Waals surface area contributed by atoms with Gasteiger partial charge in [-0.15, -0.1) is 0 Å². The summed E-state index contributed by atoms with van der Waals surface area (Å²) in [4.78, 5) is 13.0. The van der Waals surface area contributed by atoms with Gasteiger partial charge in [0.05, 0.1) is 5.69 Å². The number of hydrogen-bond donors (Lipinski definition) is 0. The van der Waals surface area contributed by atoms with Crippen LogP contribution < -0.4 is 29.1 Å². The molecule has 0 unspecified atom stereocenters. The molecule has 0 saturated carbocycles. The summed E-state index contributed by atoms with van der Waals surface area (Å²) in [6.07, 6.45) is 10.1. The van der Waals surface area contributed by atoms with Gasteiger partial charge in [-0.2, -0.15) is 4.57 Å². The Hall–Kier alpha value is -4.97. The number of pyridine rings is 1. The summed E-state index contributed by atoms with van der Waals surface area (Å²) in [5.74, 6) is 0. The molecule has 2 fully saturated rings. The average Bonchev–Trinajstić information content (AvgIpc) is 3.92. The van der Waals surface area contributed by atoms with Crippen molar-refractivity contribution >= 4 is 28.4 Å². The standard InChI is InChI=1S/C44H49N6/c1-3-11-35(12-4-1)31-48-29-27-47-28-30-49(32-36-13-5-2-6-14-36)42-34-50(33-41(48)44(42)47)43(37-15-19-39(20-16-37)45-23-7-8-24-45)38-17-21-40(22-18-38)46-25-9-10-26-46/h1-6,11-22,33-34,43H,7-10,23-32H2/q+1. The average molecular weight is 662 g/mol. The predicted molar refractivity (Wildman–Crippen MR) is 207 cm³/mol. The Kier molecular flexibility index (Phi) is 8.53.